The third-order valence-corrected chi connectivity index (χ3v) is 7.14. The topological polar surface area (TPSA) is 207 Å². The molecule has 2 aromatic rings. The van der Waals surface area contributed by atoms with E-state index in [2.05, 4.69) is 25.8 Å². The fourth-order valence-electron chi connectivity index (χ4n) is 3.61. The number of fused-ring (bicyclic) bond motifs is 1. The number of rotatable bonds is 9. The van der Waals surface area contributed by atoms with Gasteiger partial charge in [0, 0.05) is 35.0 Å². The number of aliphatic carboxylic acids is 1. The first-order valence-corrected chi connectivity index (χ1v) is 12.3. The quantitative estimate of drug-likeness (QED) is 0.0704. The number of carboxylic acids is 1. The van der Waals surface area contributed by atoms with Gasteiger partial charge in [0.05, 0.1) is 5.56 Å². The van der Waals surface area contributed by atoms with E-state index in [0.717, 1.165) is 16.4 Å². The van der Waals surface area contributed by atoms with E-state index in [1.807, 2.05) is 0 Å². The van der Waals surface area contributed by atoms with Crippen LogP contribution in [0.3, 0.4) is 0 Å². The van der Waals surface area contributed by atoms with E-state index in [9.17, 15) is 24.3 Å². The maximum atomic E-state index is 13.0. The largest absolute Gasteiger partial charge is 0.477 e. The van der Waals surface area contributed by atoms with Crippen LogP contribution in [0, 0.1) is 12.3 Å². The lowest BCUT2D eigenvalue weighted by Crippen LogP contribution is -2.71. The van der Waals surface area contributed by atoms with Crippen LogP contribution in [0.15, 0.2) is 41.0 Å². The predicted molar refractivity (Wildman–Crippen MR) is 130 cm³/mol. The first kappa shape index (κ1) is 25.6. The van der Waals surface area contributed by atoms with Gasteiger partial charge in [0.25, 0.3) is 11.8 Å². The van der Waals surface area contributed by atoms with Crippen LogP contribution >= 0.6 is 23.3 Å². The van der Waals surface area contributed by atoms with E-state index in [4.69, 9.17) is 22.7 Å². The van der Waals surface area contributed by atoms with Crippen molar-refractivity contribution in [2.45, 2.75) is 18.0 Å². The molecule has 2 aliphatic heterocycles. The number of carbonyl (C=O) groups excluding carboxylic acids is 3. The van der Waals surface area contributed by atoms with Gasteiger partial charge in [-0.1, -0.05) is 11.1 Å². The fraction of sp³-hybridized carbons (Fsp3) is 0.238. The van der Waals surface area contributed by atoms with Crippen LogP contribution in [0.4, 0.5) is 5.13 Å². The summed E-state index contributed by atoms with van der Waals surface area (Å²) in [5.41, 5.74) is 11.1. The third kappa shape index (κ3) is 5.22. The van der Waals surface area contributed by atoms with Gasteiger partial charge < -0.3 is 26.7 Å². The number of hydrogen-bond acceptors (Lipinski definition) is 11. The fourth-order valence-corrected chi connectivity index (χ4v) is 5.38. The average Bonchev–Trinajstić information content (AvgIpc) is 3.30. The number of β-lactam (4-membered cyclic amide) rings is 1. The number of anilines is 1. The number of oxime groups is 1. The average molecular weight is 544 g/mol. The van der Waals surface area contributed by atoms with Gasteiger partial charge in [0.2, 0.25) is 17.4 Å². The summed E-state index contributed by atoms with van der Waals surface area (Å²) in [6.45, 7) is -0.0503. The standard InChI is InChI=1S/C21H18N8O6S2/c1-2-7-35-26-12(16-25-21(23)37-27-16)17(31)24-13-18(32)29-14(20(33)34)11(9-36-19(13)29)8-28-5-3-10(4-6-28)15(22)30/h1,3-6,13,19H,7-9H2,(H5-,22,23,24,25,27,30,31,33,34)/p+1/t13?,19-/m1/s1. The zero-order valence-electron chi connectivity index (χ0n) is 18.9. The van der Waals surface area contributed by atoms with Crippen LogP contribution in [-0.4, -0.2) is 72.5 Å². The molecule has 14 nitrogen and oxygen atoms in total. The van der Waals surface area contributed by atoms with Crippen molar-refractivity contribution in [2.75, 3.05) is 18.1 Å². The van der Waals surface area contributed by atoms with Crippen molar-refractivity contribution in [3.63, 3.8) is 0 Å². The summed E-state index contributed by atoms with van der Waals surface area (Å²) in [4.78, 5) is 59.2. The number of carboxylic acid groups (broad SMARTS) is 1. The second-order valence-electron chi connectivity index (χ2n) is 7.62. The summed E-state index contributed by atoms with van der Waals surface area (Å²) in [6.07, 6.45) is 8.31. The van der Waals surface area contributed by atoms with Gasteiger partial charge in [-0.3, -0.25) is 19.3 Å². The number of nitrogens with zero attached hydrogens (tertiary/aromatic N) is 5. The highest BCUT2D eigenvalue weighted by Crippen LogP contribution is 2.40. The number of carbonyl (C=O) groups is 4. The first-order valence-electron chi connectivity index (χ1n) is 10.4. The number of hydrogen-bond donors (Lipinski definition) is 4. The lowest BCUT2D eigenvalue weighted by molar-refractivity contribution is -0.689. The van der Waals surface area contributed by atoms with Crippen LogP contribution in [0.25, 0.3) is 0 Å². The van der Waals surface area contributed by atoms with E-state index >= 15 is 0 Å². The minimum atomic E-state index is -1.28. The number of amides is 3. The Hall–Kier alpha value is -4.49. The Labute approximate surface area is 217 Å². The van der Waals surface area contributed by atoms with Gasteiger partial charge in [-0.05, 0) is 0 Å². The second-order valence-corrected chi connectivity index (χ2v) is 9.50. The Morgan fingerprint density at radius 2 is 2.11 bits per heavy atom. The van der Waals surface area contributed by atoms with Gasteiger partial charge in [-0.2, -0.15) is 9.36 Å². The van der Waals surface area contributed by atoms with Crippen LogP contribution in [0.5, 0.6) is 0 Å². The van der Waals surface area contributed by atoms with Crippen molar-refractivity contribution in [3.05, 3.63) is 47.2 Å². The zero-order chi connectivity index (χ0) is 26.7. The van der Waals surface area contributed by atoms with Gasteiger partial charge in [-0.15, -0.1) is 18.2 Å². The Morgan fingerprint density at radius 1 is 1.38 bits per heavy atom. The van der Waals surface area contributed by atoms with E-state index in [0.29, 0.717) is 11.1 Å². The van der Waals surface area contributed by atoms with Crippen molar-refractivity contribution in [2.24, 2.45) is 10.9 Å². The summed E-state index contributed by atoms with van der Waals surface area (Å²) in [7, 11) is 0. The maximum Gasteiger partial charge on any atom is 0.352 e. The first-order chi connectivity index (χ1) is 17.7. The van der Waals surface area contributed by atoms with Gasteiger partial charge in [0.15, 0.2) is 30.7 Å². The number of nitrogens with one attached hydrogen (secondary N) is 1. The molecule has 190 valence electrons. The van der Waals surface area contributed by atoms with E-state index in [-0.39, 0.29) is 41.3 Å². The van der Waals surface area contributed by atoms with E-state index < -0.39 is 35.1 Å². The summed E-state index contributed by atoms with van der Waals surface area (Å²) in [5.74, 6) is -0.911. The normalized spacial score (nSPS) is 18.9. The molecule has 1 saturated heterocycles. The molecule has 37 heavy (non-hydrogen) atoms. The van der Waals surface area contributed by atoms with Gasteiger partial charge >= 0.3 is 5.97 Å². The maximum absolute atomic E-state index is 13.0. The number of thioether (sulfide) groups is 1. The number of terminal acetylenes is 1. The van der Waals surface area contributed by atoms with Crippen LogP contribution in [-0.2, 0) is 25.8 Å². The second kappa shape index (κ2) is 10.6. The van der Waals surface area contributed by atoms with Gasteiger partial charge in [-0.25, -0.2) is 9.36 Å². The van der Waals surface area contributed by atoms with Crippen LogP contribution in [0.2, 0.25) is 0 Å². The molecule has 0 aliphatic carbocycles. The lowest BCUT2D eigenvalue weighted by atomic mass is 10.0. The molecule has 2 aliphatic rings. The molecule has 1 unspecified atom stereocenters. The lowest BCUT2D eigenvalue weighted by Gasteiger charge is -2.49. The molecule has 6 N–H and O–H groups in total. The SMILES string of the molecule is C#CCON=C(C(=O)NC1C(=O)N2C(C(=O)O)=C(C[n+]3ccc(C(N)=O)cc3)CS[C@H]12)c1nsc(N)n1. The van der Waals surface area contributed by atoms with Gasteiger partial charge in [0.1, 0.15) is 17.1 Å². The van der Waals surface area contributed by atoms with E-state index in [1.165, 1.54) is 23.9 Å². The predicted octanol–water partition coefficient (Wildman–Crippen LogP) is -1.70. The molecule has 2 aromatic heterocycles. The number of nitrogen functional groups attached to an aromatic ring is 1. The highest BCUT2D eigenvalue weighted by molar-refractivity contribution is 8.00. The smallest absolute Gasteiger partial charge is 0.352 e. The third-order valence-electron chi connectivity index (χ3n) is 5.26. The number of pyridine rings is 1. The molecule has 4 heterocycles. The minimum absolute atomic E-state index is 0.0899. The molecule has 1 fully saturated rings. The number of aromatic nitrogens is 3. The molecular formula is C21H19N8O6S2+. The summed E-state index contributed by atoms with van der Waals surface area (Å²) < 4.78 is 5.60. The molecule has 16 heteroatoms. The van der Waals surface area contributed by atoms with Crippen molar-refractivity contribution in [1.82, 2.24) is 19.6 Å². The Bertz CT molecular complexity index is 1380. The minimum Gasteiger partial charge on any atom is -0.477 e. The Morgan fingerprint density at radius 3 is 2.70 bits per heavy atom. The molecule has 0 saturated carbocycles. The van der Waals surface area contributed by atoms with E-state index in [1.54, 1.807) is 17.0 Å². The summed E-state index contributed by atoms with van der Waals surface area (Å²) >= 11 is 2.13. The summed E-state index contributed by atoms with van der Waals surface area (Å²) in [5, 5.41) is 15.5. The van der Waals surface area contributed by atoms with Crippen molar-refractivity contribution in [1.29, 1.82) is 0 Å². The molecule has 3 amide bonds. The highest BCUT2D eigenvalue weighted by atomic mass is 32.2. The molecule has 2 atom stereocenters. The molecule has 0 spiro atoms. The van der Waals surface area contributed by atoms with Crippen molar-refractivity contribution >= 4 is 57.8 Å². The zero-order valence-corrected chi connectivity index (χ0v) is 20.5. The Kier molecular flexibility index (Phi) is 7.36. The number of primary amides is 1. The molecule has 0 aromatic carbocycles. The molecule has 0 radical (unpaired) electrons. The van der Waals surface area contributed by atoms with Crippen LogP contribution < -0.4 is 21.4 Å². The van der Waals surface area contributed by atoms with Crippen molar-refractivity contribution < 1.29 is 33.7 Å². The van der Waals surface area contributed by atoms with Crippen molar-refractivity contribution in [3.8, 4) is 12.3 Å². The molecular weight excluding hydrogens is 524 g/mol. The van der Waals surface area contributed by atoms with Crippen LogP contribution in [0.1, 0.15) is 16.2 Å². The highest BCUT2D eigenvalue weighted by Gasteiger charge is 2.54. The molecule has 4 rings (SSSR count). The Balaban J connectivity index is 1.52. The monoisotopic (exact) mass is 543 g/mol. The summed E-state index contributed by atoms with van der Waals surface area (Å²) in [6, 6.07) is 2.00. The number of nitrogens with two attached hydrogens (primary N) is 2. The molecule has 0 bridgehead atoms.